The Morgan fingerprint density at radius 2 is 2.25 bits per heavy atom. The molecule has 0 saturated carbocycles. The molecule has 3 heteroatoms. The maximum Gasteiger partial charge on any atom is 0.114 e. The van der Waals surface area contributed by atoms with E-state index in [1.54, 1.807) is 0 Å². The molecule has 0 atom stereocenters. The van der Waals surface area contributed by atoms with Crippen molar-refractivity contribution in [1.82, 2.24) is 9.22 Å². The van der Waals surface area contributed by atoms with Crippen LogP contribution in [0, 0.1) is 13.8 Å². The quantitative estimate of drug-likeness (QED) is 0.434. The summed E-state index contributed by atoms with van der Waals surface area (Å²) in [5.41, 5.74) is 1.12. The first-order valence-electron chi connectivity index (χ1n) is 2.66. The molecule has 44 valence electrons. The number of aromatic nitrogens is 2. The molecule has 1 aromatic heterocycles. The highest BCUT2D eigenvalue weighted by molar-refractivity contribution is 6.06. The van der Waals surface area contributed by atoms with E-state index < -0.39 is 0 Å². The van der Waals surface area contributed by atoms with E-state index in [0.29, 0.717) is 0 Å². The molecule has 0 aliphatic rings. The lowest BCUT2D eigenvalue weighted by atomic mass is 10.6. The summed E-state index contributed by atoms with van der Waals surface area (Å²) in [6.45, 7) is 4.04. The highest BCUT2D eigenvalue weighted by Gasteiger charge is 1.91. The van der Waals surface area contributed by atoms with Crippen LogP contribution in [0.2, 0.25) is 0 Å². The van der Waals surface area contributed by atoms with Gasteiger partial charge in [0.25, 0.3) is 0 Å². The number of rotatable bonds is 0. The smallest absolute Gasteiger partial charge is 0.114 e. The number of hydrogen-bond donors (Lipinski definition) is 0. The molecule has 0 amide bonds. The Labute approximate surface area is 52.1 Å². The summed E-state index contributed by atoms with van der Waals surface area (Å²) in [7, 11) is 1.05. The maximum atomic E-state index is 4.21. The second-order valence-electron chi connectivity index (χ2n) is 2.04. The van der Waals surface area contributed by atoms with E-state index in [-0.39, 0.29) is 0 Å². The fourth-order valence-corrected chi connectivity index (χ4v) is 1.21. The third kappa shape index (κ3) is 0.814. The van der Waals surface area contributed by atoms with Gasteiger partial charge in [-0.25, -0.2) is 4.98 Å². The predicted octanol–water partition coefficient (Wildman–Crippen LogP) is -0.372. The molecular formula is C5H10N2Si. The molecule has 0 aromatic carbocycles. The van der Waals surface area contributed by atoms with Crippen molar-refractivity contribution in [3.8, 4) is 0 Å². The molecule has 0 fully saturated rings. The molecule has 0 aliphatic carbocycles. The molecular weight excluding hydrogens is 116 g/mol. The number of hydrogen-bond acceptors (Lipinski definition) is 1. The normalized spacial score (nSPS) is 10.2. The fourth-order valence-electron chi connectivity index (χ4n) is 0.737. The van der Waals surface area contributed by atoms with Gasteiger partial charge in [0, 0.05) is 6.20 Å². The summed E-state index contributed by atoms with van der Waals surface area (Å²) in [6, 6.07) is 0. The summed E-state index contributed by atoms with van der Waals surface area (Å²) >= 11 is 0. The first-order chi connectivity index (χ1) is 3.70. The summed E-state index contributed by atoms with van der Waals surface area (Å²) in [5, 5.41) is 0. The zero-order chi connectivity index (χ0) is 6.15. The van der Waals surface area contributed by atoms with E-state index in [0.717, 1.165) is 21.9 Å². The van der Waals surface area contributed by atoms with Crippen LogP contribution >= 0.6 is 0 Å². The first-order valence-corrected chi connectivity index (χ1v) is 3.56. The second kappa shape index (κ2) is 1.74. The Bertz CT molecular complexity index is 173. The molecule has 0 unspecified atom stereocenters. The minimum absolute atomic E-state index is 1.05. The van der Waals surface area contributed by atoms with Crippen molar-refractivity contribution in [2.75, 3.05) is 0 Å². The van der Waals surface area contributed by atoms with Gasteiger partial charge in [-0.2, -0.15) is 0 Å². The lowest BCUT2D eigenvalue weighted by Crippen LogP contribution is -1.90. The van der Waals surface area contributed by atoms with E-state index in [2.05, 4.69) is 15.4 Å². The SMILES string of the molecule is Cc1cn([SiH3])c(C)n1. The van der Waals surface area contributed by atoms with Crippen LogP contribution < -0.4 is 0 Å². The van der Waals surface area contributed by atoms with Crippen LogP contribution in [0.5, 0.6) is 0 Å². The summed E-state index contributed by atoms with van der Waals surface area (Å²) in [6.07, 6.45) is 2.07. The molecule has 0 bridgehead atoms. The van der Waals surface area contributed by atoms with Gasteiger partial charge in [-0.3, -0.25) is 0 Å². The number of aryl methyl sites for hydroxylation is 2. The molecule has 8 heavy (non-hydrogen) atoms. The molecule has 0 N–H and O–H groups in total. The van der Waals surface area contributed by atoms with Gasteiger partial charge in [0.1, 0.15) is 10.4 Å². The molecule has 0 spiro atoms. The Morgan fingerprint density at radius 1 is 1.62 bits per heavy atom. The minimum Gasteiger partial charge on any atom is -0.371 e. The monoisotopic (exact) mass is 126 g/mol. The van der Waals surface area contributed by atoms with E-state index in [1.165, 1.54) is 0 Å². The Hall–Kier alpha value is -0.573. The number of nitrogens with zero attached hydrogens (tertiary/aromatic N) is 2. The molecule has 1 heterocycles. The molecule has 1 aromatic rings. The van der Waals surface area contributed by atoms with E-state index in [9.17, 15) is 0 Å². The van der Waals surface area contributed by atoms with Gasteiger partial charge >= 0.3 is 0 Å². The summed E-state index contributed by atoms with van der Waals surface area (Å²) in [4.78, 5) is 4.21. The average molecular weight is 126 g/mol. The van der Waals surface area contributed by atoms with E-state index in [4.69, 9.17) is 0 Å². The van der Waals surface area contributed by atoms with Crippen molar-refractivity contribution in [2.45, 2.75) is 13.8 Å². The zero-order valence-corrected chi connectivity index (χ0v) is 7.47. The topological polar surface area (TPSA) is 17.8 Å². The Balaban J connectivity index is 3.14. The highest BCUT2D eigenvalue weighted by Crippen LogP contribution is 1.94. The maximum absolute atomic E-state index is 4.21. The molecule has 0 aliphatic heterocycles. The van der Waals surface area contributed by atoms with Crippen LogP contribution in [0.1, 0.15) is 11.5 Å². The van der Waals surface area contributed by atoms with Crippen molar-refractivity contribution >= 4 is 10.4 Å². The van der Waals surface area contributed by atoms with Gasteiger partial charge < -0.3 is 4.23 Å². The van der Waals surface area contributed by atoms with Crippen LogP contribution in [0.15, 0.2) is 6.20 Å². The molecule has 2 nitrogen and oxygen atoms in total. The van der Waals surface area contributed by atoms with Crippen molar-refractivity contribution < 1.29 is 0 Å². The van der Waals surface area contributed by atoms with Gasteiger partial charge in [0.2, 0.25) is 0 Å². The van der Waals surface area contributed by atoms with Gasteiger partial charge in [-0.1, -0.05) is 0 Å². The lowest BCUT2D eigenvalue weighted by Gasteiger charge is -1.87. The second-order valence-corrected chi connectivity index (χ2v) is 3.00. The molecule has 0 saturated heterocycles. The van der Waals surface area contributed by atoms with E-state index in [1.807, 2.05) is 13.8 Å². The lowest BCUT2D eigenvalue weighted by molar-refractivity contribution is 1.07. The van der Waals surface area contributed by atoms with Crippen molar-refractivity contribution in [2.24, 2.45) is 0 Å². The molecule has 0 radical (unpaired) electrons. The third-order valence-corrected chi connectivity index (χ3v) is 2.13. The van der Waals surface area contributed by atoms with Crippen molar-refractivity contribution in [1.29, 1.82) is 0 Å². The minimum atomic E-state index is 1.05. The molecule has 1 rings (SSSR count). The van der Waals surface area contributed by atoms with Crippen LogP contribution in [-0.4, -0.2) is 19.6 Å². The van der Waals surface area contributed by atoms with Gasteiger partial charge in [-0.05, 0) is 13.8 Å². The average Bonchev–Trinajstić information content (AvgIpc) is 1.85. The number of imidazole rings is 1. The van der Waals surface area contributed by atoms with Crippen LogP contribution in [-0.2, 0) is 0 Å². The zero-order valence-electron chi connectivity index (χ0n) is 5.47. The van der Waals surface area contributed by atoms with Gasteiger partial charge in [-0.15, -0.1) is 0 Å². The summed E-state index contributed by atoms with van der Waals surface area (Å²) in [5.74, 6) is 1.13. The van der Waals surface area contributed by atoms with E-state index >= 15 is 0 Å². The van der Waals surface area contributed by atoms with Crippen molar-refractivity contribution in [3.63, 3.8) is 0 Å². The van der Waals surface area contributed by atoms with Crippen LogP contribution in [0.25, 0.3) is 0 Å². The van der Waals surface area contributed by atoms with Gasteiger partial charge in [0.05, 0.1) is 11.5 Å². The van der Waals surface area contributed by atoms with Crippen LogP contribution in [0.3, 0.4) is 0 Å². The standard InChI is InChI=1S/C5H10N2Si/c1-4-3-7(8)5(2)6-4/h3H,1-2,8H3. The third-order valence-electron chi connectivity index (χ3n) is 1.23. The Morgan fingerprint density at radius 3 is 2.38 bits per heavy atom. The predicted molar refractivity (Wildman–Crippen MR) is 37.0 cm³/mol. The van der Waals surface area contributed by atoms with Crippen molar-refractivity contribution in [3.05, 3.63) is 17.7 Å². The van der Waals surface area contributed by atoms with Crippen LogP contribution in [0.4, 0.5) is 0 Å². The largest absolute Gasteiger partial charge is 0.371 e. The van der Waals surface area contributed by atoms with Gasteiger partial charge in [0.15, 0.2) is 0 Å². The first kappa shape index (κ1) is 5.56. The highest BCUT2D eigenvalue weighted by atomic mass is 28.2. The summed E-state index contributed by atoms with van der Waals surface area (Å²) < 4.78 is 2.15. The fraction of sp³-hybridized carbons (Fsp3) is 0.400. The Kier molecular flexibility index (Phi) is 1.21.